The Hall–Kier alpha value is -2.81. The summed E-state index contributed by atoms with van der Waals surface area (Å²) in [5.74, 6) is -0.549. The Labute approximate surface area is 156 Å². The van der Waals surface area contributed by atoms with Gasteiger partial charge in [0, 0.05) is 32.7 Å². The first kappa shape index (κ1) is 19.0. The molecule has 0 bridgehead atoms. The van der Waals surface area contributed by atoms with E-state index < -0.39 is 4.92 Å². The molecule has 9 heteroatoms. The van der Waals surface area contributed by atoms with E-state index in [1.165, 1.54) is 29.2 Å². The fourth-order valence-corrected chi connectivity index (χ4v) is 3.24. The van der Waals surface area contributed by atoms with E-state index in [-0.39, 0.29) is 23.3 Å². The Kier molecular flexibility index (Phi) is 5.80. The van der Waals surface area contributed by atoms with Crippen molar-refractivity contribution in [1.29, 1.82) is 0 Å². The summed E-state index contributed by atoms with van der Waals surface area (Å²) < 4.78 is 14.7. The van der Waals surface area contributed by atoms with Gasteiger partial charge in [0.25, 0.3) is 0 Å². The fraction of sp³-hybridized carbons (Fsp3) is 0.444. The number of benzene rings is 1. The van der Waals surface area contributed by atoms with E-state index in [1.807, 2.05) is 11.0 Å². The number of piperazine rings is 1. The first-order valence-electron chi connectivity index (χ1n) is 8.85. The summed E-state index contributed by atoms with van der Waals surface area (Å²) in [5, 5.41) is 14.6. The van der Waals surface area contributed by atoms with Crippen LogP contribution in [0.15, 0.2) is 36.7 Å². The van der Waals surface area contributed by atoms with Gasteiger partial charge in [-0.05, 0) is 17.7 Å². The molecule has 1 aliphatic heterocycles. The maximum atomic E-state index is 13.3. The molecule has 1 aliphatic rings. The van der Waals surface area contributed by atoms with E-state index in [9.17, 15) is 19.3 Å². The molecular weight excluding hydrogens is 353 g/mol. The van der Waals surface area contributed by atoms with Gasteiger partial charge in [-0.15, -0.1) is 0 Å². The van der Waals surface area contributed by atoms with Gasteiger partial charge in [-0.1, -0.05) is 19.1 Å². The Morgan fingerprint density at radius 2 is 2.07 bits per heavy atom. The minimum Gasteiger partial charge on any atom is -0.340 e. The predicted molar refractivity (Wildman–Crippen MR) is 96.3 cm³/mol. The van der Waals surface area contributed by atoms with Crippen LogP contribution in [0.1, 0.15) is 12.5 Å². The van der Waals surface area contributed by atoms with Gasteiger partial charge < -0.3 is 4.90 Å². The second-order valence-electron chi connectivity index (χ2n) is 6.81. The van der Waals surface area contributed by atoms with Gasteiger partial charge in [-0.3, -0.25) is 24.5 Å². The van der Waals surface area contributed by atoms with Crippen LogP contribution in [-0.2, 0) is 17.9 Å². The van der Waals surface area contributed by atoms with Gasteiger partial charge in [0.2, 0.25) is 5.91 Å². The van der Waals surface area contributed by atoms with Gasteiger partial charge in [0.15, 0.2) is 0 Å². The topological polar surface area (TPSA) is 84.5 Å². The lowest BCUT2D eigenvalue weighted by molar-refractivity contribution is -0.385. The molecule has 1 amide bonds. The quantitative estimate of drug-likeness (QED) is 0.569. The maximum absolute atomic E-state index is 13.3. The van der Waals surface area contributed by atoms with Crippen molar-refractivity contribution in [1.82, 2.24) is 19.6 Å². The van der Waals surface area contributed by atoms with Crippen LogP contribution in [0.5, 0.6) is 0 Å². The molecule has 0 radical (unpaired) electrons. The van der Waals surface area contributed by atoms with Crippen molar-refractivity contribution in [3.8, 4) is 0 Å². The molecule has 2 aromatic rings. The number of rotatable bonds is 6. The van der Waals surface area contributed by atoms with E-state index in [2.05, 4.69) is 10.00 Å². The number of amides is 1. The molecule has 1 saturated heterocycles. The van der Waals surface area contributed by atoms with Crippen molar-refractivity contribution in [2.75, 3.05) is 26.2 Å². The average Bonchev–Trinajstić information content (AvgIpc) is 3.10. The van der Waals surface area contributed by atoms with Crippen molar-refractivity contribution in [3.05, 3.63) is 58.2 Å². The largest absolute Gasteiger partial charge is 0.340 e. The normalized spacial score (nSPS) is 16.3. The third-order valence-corrected chi connectivity index (χ3v) is 4.69. The summed E-state index contributed by atoms with van der Waals surface area (Å²) >= 11 is 0. The highest BCUT2D eigenvalue weighted by Crippen LogP contribution is 2.14. The highest BCUT2D eigenvalue weighted by atomic mass is 19.1. The van der Waals surface area contributed by atoms with Crippen molar-refractivity contribution >= 4 is 11.6 Å². The lowest BCUT2D eigenvalue weighted by atomic mass is 10.1. The van der Waals surface area contributed by atoms with Crippen LogP contribution in [0, 0.1) is 21.8 Å². The van der Waals surface area contributed by atoms with Crippen LogP contribution >= 0.6 is 0 Å². The SMILES string of the molecule is CC(Cn1cc([N+](=O)[O-])cn1)C(=O)N1CCN(Cc2cccc(F)c2)CC1. The lowest BCUT2D eigenvalue weighted by Gasteiger charge is -2.36. The smallest absolute Gasteiger partial charge is 0.306 e. The van der Waals surface area contributed by atoms with Gasteiger partial charge in [0.05, 0.1) is 17.4 Å². The Morgan fingerprint density at radius 3 is 2.70 bits per heavy atom. The Bertz CT molecular complexity index is 817. The maximum Gasteiger partial charge on any atom is 0.306 e. The highest BCUT2D eigenvalue weighted by molar-refractivity contribution is 5.78. The number of carbonyl (C=O) groups is 1. The standard InChI is InChI=1S/C18H22FN5O3/c1-14(11-23-13-17(10-20-23)24(26)27)18(25)22-7-5-21(6-8-22)12-15-3-2-4-16(19)9-15/h2-4,9-10,13-14H,5-8,11-12H2,1H3. The molecule has 0 spiro atoms. The molecule has 1 aromatic heterocycles. The molecule has 3 rings (SSSR count). The van der Waals surface area contributed by atoms with E-state index >= 15 is 0 Å². The number of hydrogen-bond acceptors (Lipinski definition) is 5. The number of nitrogens with zero attached hydrogens (tertiary/aromatic N) is 5. The van der Waals surface area contributed by atoms with Gasteiger partial charge in [-0.25, -0.2) is 4.39 Å². The molecule has 1 unspecified atom stereocenters. The highest BCUT2D eigenvalue weighted by Gasteiger charge is 2.25. The fourth-order valence-electron chi connectivity index (χ4n) is 3.24. The predicted octanol–water partition coefficient (Wildman–Crippen LogP) is 1.91. The number of hydrogen-bond donors (Lipinski definition) is 0. The number of halogens is 1. The molecule has 1 aromatic carbocycles. The number of nitro groups is 1. The average molecular weight is 375 g/mol. The van der Waals surface area contributed by atoms with E-state index in [1.54, 1.807) is 13.0 Å². The monoisotopic (exact) mass is 375 g/mol. The van der Waals surface area contributed by atoms with Crippen molar-refractivity contribution in [2.24, 2.45) is 5.92 Å². The molecule has 8 nitrogen and oxygen atoms in total. The zero-order chi connectivity index (χ0) is 19.4. The van der Waals surface area contributed by atoms with Crippen LogP contribution in [0.3, 0.4) is 0 Å². The van der Waals surface area contributed by atoms with Gasteiger partial charge in [0.1, 0.15) is 18.2 Å². The number of carbonyl (C=O) groups excluding carboxylic acids is 1. The molecule has 1 fully saturated rings. The van der Waals surface area contributed by atoms with Crippen molar-refractivity contribution in [3.63, 3.8) is 0 Å². The third-order valence-electron chi connectivity index (χ3n) is 4.69. The molecule has 2 heterocycles. The van der Waals surface area contributed by atoms with Crippen LogP contribution in [0.2, 0.25) is 0 Å². The van der Waals surface area contributed by atoms with E-state index in [0.29, 0.717) is 26.2 Å². The minimum atomic E-state index is -0.506. The number of aromatic nitrogens is 2. The molecule has 1 atom stereocenters. The molecular formula is C18H22FN5O3. The second kappa shape index (κ2) is 8.26. The summed E-state index contributed by atoms with van der Waals surface area (Å²) in [6, 6.07) is 6.55. The summed E-state index contributed by atoms with van der Waals surface area (Å²) in [6.07, 6.45) is 2.52. The summed E-state index contributed by atoms with van der Waals surface area (Å²) in [6.45, 7) is 5.43. The first-order valence-corrected chi connectivity index (χ1v) is 8.85. The first-order chi connectivity index (χ1) is 12.9. The molecule has 144 valence electrons. The van der Waals surface area contributed by atoms with Crippen molar-refractivity contribution in [2.45, 2.75) is 20.0 Å². The second-order valence-corrected chi connectivity index (χ2v) is 6.81. The lowest BCUT2D eigenvalue weighted by Crippen LogP contribution is -2.50. The van der Waals surface area contributed by atoms with Crippen LogP contribution in [0.25, 0.3) is 0 Å². The summed E-state index contributed by atoms with van der Waals surface area (Å²) in [7, 11) is 0. The van der Waals surface area contributed by atoms with Gasteiger partial charge >= 0.3 is 5.69 Å². The molecule has 0 aliphatic carbocycles. The van der Waals surface area contributed by atoms with Gasteiger partial charge in [-0.2, -0.15) is 5.10 Å². The summed E-state index contributed by atoms with van der Waals surface area (Å²) in [5.41, 5.74) is 0.837. The Morgan fingerprint density at radius 1 is 1.33 bits per heavy atom. The molecule has 27 heavy (non-hydrogen) atoms. The zero-order valence-corrected chi connectivity index (χ0v) is 15.1. The zero-order valence-electron chi connectivity index (χ0n) is 15.1. The van der Waals surface area contributed by atoms with E-state index in [0.717, 1.165) is 18.7 Å². The van der Waals surface area contributed by atoms with Crippen LogP contribution in [0.4, 0.5) is 10.1 Å². The van der Waals surface area contributed by atoms with E-state index in [4.69, 9.17) is 0 Å². The Balaban J connectivity index is 1.49. The molecule has 0 N–H and O–H groups in total. The van der Waals surface area contributed by atoms with Crippen molar-refractivity contribution < 1.29 is 14.1 Å². The van der Waals surface area contributed by atoms with Crippen LogP contribution < -0.4 is 0 Å². The summed E-state index contributed by atoms with van der Waals surface area (Å²) in [4.78, 5) is 26.8. The third kappa shape index (κ3) is 4.88. The molecule has 0 saturated carbocycles. The van der Waals surface area contributed by atoms with Crippen LogP contribution in [-0.4, -0.2) is 56.6 Å². The minimum absolute atomic E-state index is 0.0126.